The number of ketones is 1. The van der Waals surface area contributed by atoms with Gasteiger partial charge in [0.25, 0.3) is 0 Å². The maximum Gasteiger partial charge on any atom is 0.319 e. The molecule has 2 saturated heterocycles. The number of nitrogens with zero attached hydrogens (tertiary/aromatic N) is 5. The van der Waals surface area contributed by atoms with Gasteiger partial charge in [0.05, 0.1) is 17.8 Å². The molecule has 0 spiro atoms. The Kier molecular flexibility index (Phi) is 13.5. The van der Waals surface area contributed by atoms with Gasteiger partial charge in [0.2, 0.25) is 0 Å². The lowest BCUT2D eigenvalue weighted by Gasteiger charge is -2.46. The van der Waals surface area contributed by atoms with E-state index < -0.39 is 41.4 Å². The summed E-state index contributed by atoms with van der Waals surface area (Å²) in [5.41, 5.74) is 0.0117. The Bertz CT molecular complexity index is 1220. The molecule has 0 unspecified atom stereocenters. The molecular formula is C36H61N5O7. The fourth-order valence-electron chi connectivity index (χ4n) is 7.78. The maximum atomic E-state index is 14.2. The van der Waals surface area contributed by atoms with E-state index in [2.05, 4.69) is 26.7 Å². The number of hydrogen-bond donors (Lipinski definition) is 1. The number of esters is 1. The molecule has 3 aliphatic rings. The molecule has 0 radical (unpaired) electrons. The van der Waals surface area contributed by atoms with Crippen LogP contribution in [0.25, 0.3) is 0 Å². The molecular weight excluding hydrogens is 614 g/mol. The van der Waals surface area contributed by atoms with E-state index in [0.29, 0.717) is 12.8 Å². The van der Waals surface area contributed by atoms with E-state index in [1.807, 2.05) is 39.0 Å². The van der Waals surface area contributed by atoms with Gasteiger partial charge in [0.15, 0.2) is 12.1 Å². The van der Waals surface area contributed by atoms with Gasteiger partial charge in [-0.05, 0) is 93.5 Å². The molecule has 0 aliphatic carbocycles. The van der Waals surface area contributed by atoms with Crippen molar-refractivity contribution in [3.8, 4) is 0 Å². The minimum Gasteiger partial charge on any atom is -0.463 e. The second-order valence-electron chi connectivity index (χ2n) is 15.1. The van der Waals surface area contributed by atoms with E-state index in [-0.39, 0.29) is 30.6 Å². The van der Waals surface area contributed by atoms with Crippen LogP contribution < -0.4 is 0 Å². The molecule has 0 amide bonds. The highest BCUT2D eigenvalue weighted by atomic mass is 16.7. The van der Waals surface area contributed by atoms with Crippen LogP contribution in [0, 0.1) is 11.3 Å². The first-order chi connectivity index (χ1) is 22.7. The maximum absolute atomic E-state index is 14.2. The number of aromatic nitrogens is 2. The van der Waals surface area contributed by atoms with Crippen molar-refractivity contribution in [2.24, 2.45) is 11.3 Å². The number of methoxy groups -OCH3 is 1. The predicted octanol–water partition coefficient (Wildman–Crippen LogP) is 3.09. The van der Waals surface area contributed by atoms with Crippen molar-refractivity contribution in [1.29, 1.82) is 0 Å². The van der Waals surface area contributed by atoms with Crippen LogP contribution in [-0.2, 0) is 41.5 Å². The van der Waals surface area contributed by atoms with Gasteiger partial charge in [-0.3, -0.25) is 19.4 Å². The molecule has 4 heterocycles. The summed E-state index contributed by atoms with van der Waals surface area (Å²) in [6.07, 6.45) is 5.48. The van der Waals surface area contributed by atoms with Gasteiger partial charge in [-0.1, -0.05) is 13.8 Å². The minimum absolute atomic E-state index is 0.0135. The zero-order valence-corrected chi connectivity index (χ0v) is 30.8. The molecule has 272 valence electrons. The van der Waals surface area contributed by atoms with E-state index in [1.54, 1.807) is 34.2 Å². The number of ether oxygens (including phenoxy) is 4. The second kappa shape index (κ2) is 16.8. The quantitative estimate of drug-likeness (QED) is 0.305. The van der Waals surface area contributed by atoms with Crippen molar-refractivity contribution in [3.63, 3.8) is 0 Å². The average molecular weight is 676 g/mol. The fraction of sp³-hybridized carbons (Fsp3) is 0.833. The molecule has 48 heavy (non-hydrogen) atoms. The number of hydrogen-bond acceptors (Lipinski definition) is 12. The Morgan fingerprint density at radius 3 is 2.60 bits per heavy atom. The first-order valence-corrected chi connectivity index (χ1v) is 17.9. The number of cyclic esters (lactones) is 1. The van der Waals surface area contributed by atoms with Gasteiger partial charge in [0.1, 0.15) is 24.5 Å². The zero-order valence-electron chi connectivity index (χ0n) is 30.8. The molecule has 1 N–H and O–H groups in total. The molecule has 3 aliphatic heterocycles. The molecule has 12 nitrogen and oxygen atoms in total. The Morgan fingerprint density at radius 1 is 1.17 bits per heavy atom. The fourth-order valence-corrected chi connectivity index (χ4v) is 7.78. The van der Waals surface area contributed by atoms with Gasteiger partial charge in [-0.25, -0.2) is 9.97 Å². The van der Waals surface area contributed by atoms with Crippen LogP contribution in [-0.4, -0.2) is 138 Å². The van der Waals surface area contributed by atoms with E-state index in [0.717, 1.165) is 64.1 Å². The third-order valence-electron chi connectivity index (χ3n) is 11.0. The molecule has 8 atom stereocenters. The Hall–Kier alpha value is -2.06. The highest BCUT2D eigenvalue weighted by Crippen LogP contribution is 2.37. The molecule has 4 rings (SSSR count). The molecule has 1 aromatic rings. The predicted molar refractivity (Wildman–Crippen MR) is 182 cm³/mol. The van der Waals surface area contributed by atoms with Crippen LogP contribution in [0.2, 0.25) is 0 Å². The highest BCUT2D eigenvalue weighted by Gasteiger charge is 2.51. The molecule has 12 heteroatoms. The summed E-state index contributed by atoms with van der Waals surface area (Å²) < 4.78 is 25.0. The number of fused-ring (bicyclic) bond motifs is 1. The van der Waals surface area contributed by atoms with Gasteiger partial charge >= 0.3 is 5.97 Å². The van der Waals surface area contributed by atoms with E-state index >= 15 is 0 Å². The lowest BCUT2D eigenvalue weighted by Crippen LogP contribution is -2.59. The normalized spacial score (nSPS) is 34.5. The largest absolute Gasteiger partial charge is 0.463 e. The summed E-state index contributed by atoms with van der Waals surface area (Å²) in [5.74, 6) is -1.58. The van der Waals surface area contributed by atoms with Crippen molar-refractivity contribution < 1.29 is 33.6 Å². The number of aliphatic hydroxyl groups excluding tert-OH is 1. The van der Waals surface area contributed by atoms with Crippen LogP contribution in [0.3, 0.4) is 0 Å². The average Bonchev–Trinajstić information content (AvgIpc) is 3.07. The van der Waals surface area contributed by atoms with Gasteiger partial charge in [0, 0.05) is 62.1 Å². The van der Waals surface area contributed by atoms with E-state index in [4.69, 9.17) is 18.9 Å². The summed E-state index contributed by atoms with van der Waals surface area (Å²) in [6, 6.07) is -0.158. The molecule has 1 aromatic heterocycles. The summed E-state index contributed by atoms with van der Waals surface area (Å²) in [5, 5.41) is 11.3. The summed E-state index contributed by atoms with van der Waals surface area (Å²) in [4.78, 5) is 43.3. The van der Waals surface area contributed by atoms with E-state index in [1.165, 1.54) is 5.56 Å². The molecule has 0 bridgehead atoms. The summed E-state index contributed by atoms with van der Waals surface area (Å²) in [6.45, 7) is 15.6. The standard InChI is InChI=1S/C36H61N5O7/c1-10-41-17-12-15-36(6,45-9)32(48-33-30(42)29(39(7)8)19-24(2)47-33)25(3)31(43)35(4,5)34(44)46-22-27(41)13-11-16-40-18-14-28-26(21-40)20-37-23-38-28/h20,23-25,27,29-30,32-33,42H,10-19,21-22H2,1-9H3/t24-,25+,27+,29+,30-,32-,33+,36-/m1/s1. The Morgan fingerprint density at radius 2 is 1.92 bits per heavy atom. The number of carbonyl (C=O) groups excluding carboxylic acids is 2. The van der Waals surface area contributed by atoms with Gasteiger partial charge in [-0.15, -0.1) is 0 Å². The van der Waals surface area contributed by atoms with Crippen molar-refractivity contribution >= 4 is 11.8 Å². The number of Topliss-reactive ketones (excluding diaryl/α,β-unsaturated/α-hetero) is 1. The van der Waals surface area contributed by atoms with Crippen LogP contribution in [0.1, 0.15) is 84.9 Å². The first kappa shape index (κ1) is 38.7. The van der Waals surface area contributed by atoms with Crippen LogP contribution >= 0.6 is 0 Å². The first-order valence-electron chi connectivity index (χ1n) is 17.9. The molecule has 0 saturated carbocycles. The van der Waals surface area contributed by atoms with Crippen molar-refractivity contribution in [2.75, 3.05) is 54.0 Å². The SMILES string of the molecule is CCN1CCC[C@@](C)(OC)[C@H](O[C@@H]2O[C@H](C)C[C@H](N(C)C)[C@H]2O)[C@@H](C)C(=O)C(C)(C)C(=O)OC[C@@H]1CCCN1CCc2ncncc2C1. The Balaban J connectivity index is 1.53. The zero-order chi connectivity index (χ0) is 35.2. The number of carbonyl (C=O) groups is 2. The number of likely N-dealkylation sites (N-methyl/N-ethyl adjacent to an activating group) is 2. The number of aliphatic hydroxyl groups is 1. The van der Waals surface area contributed by atoms with Crippen molar-refractivity contribution in [1.82, 2.24) is 24.7 Å². The van der Waals surface area contributed by atoms with Gasteiger partial charge < -0.3 is 29.0 Å². The highest BCUT2D eigenvalue weighted by molar-refractivity contribution is 6.04. The third-order valence-corrected chi connectivity index (χ3v) is 11.0. The number of rotatable bonds is 9. The monoisotopic (exact) mass is 675 g/mol. The summed E-state index contributed by atoms with van der Waals surface area (Å²) in [7, 11) is 5.49. The van der Waals surface area contributed by atoms with Crippen LogP contribution in [0.5, 0.6) is 0 Å². The van der Waals surface area contributed by atoms with Crippen LogP contribution in [0.4, 0.5) is 0 Å². The van der Waals surface area contributed by atoms with Gasteiger partial charge in [-0.2, -0.15) is 0 Å². The topological polar surface area (TPSA) is 127 Å². The van der Waals surface area contributed by atoms with Crippen molar-refractivity contribution in [2.45, 2.75) is 129 Å². The minimum atomic E-state index is -1.42. The van der Waals surface area contributed by atoms with Crippen LogP contribution in [0.15, 0.2) is 12.5 Å². The molecule has 2 fully saturated rings. The van der Waals surface area contributed by atoms with E-state index in [9.17, 15) is 14.7 Å². The Labute approximate surface area is 287 Å². The second-order valence-corrected chi connectivity index (χ2v) is 15.1. The lowest BCUT2D eigenvalue weighted by atomic mass is 9.75. The lowest BCUT2D eigenvalue weighted by molar-refractivity contribution is -0.295. The smallest absolute Gasteiger partial charge is 0.319 e. The van der Waals surface area contributed by atoms with Crippen molar-refractivity contribution in [3.05, 3.63) is 23.8 Å². The third kappa shape index (κ3) is 8.99. The molecule has 0 aromatic carbocycles. The summed E-state index contributed by atoms with van der Waals surface area (Å²) >= 11 is 0.